The van der Waals surface area contributed by atoms with Gasteiger partial charge in [-0.1, -0.05) is 42.1 Å². The minimum absolute atomic E-state index is 0.729. The van der Waals surface area contributed by atoms with Crippen LogP contribution >= 0.6 is 11.8 Å². The zero-order valence-electron chi connectivity index (χ0n) is 10.6. The molecule has 92 valence electrons. The fraction of sp³-hybridized carbons (Fsp3) is 0.500. The highest BCUT2D eigenvalue weighted by molar-refractivity contribution is 8.13. The van der Waals surface area contributed by atoms with Crippen molar-refractivity contribution in [2.45, 2.75) is 18.8 Å². The Labute approximate surface area is 108 Å². The summed E-state index contributed by atoms with van der Waals surface area (Å²) < 4.78 is 0. The first-order valence-electron chi connectivity index (χ1n) is 6.16. The second-order valence-corrected chi connectivity index (χ2v) is 5.16. The molecule has 3 heteroatoms. The number of hydrogen-bond donors (Lipinski definition) is 0. The van der Waals surface area contributed by atoms with Crippen LogP contribution < -0.4 is 0 Å². The normalized spacial score (nSPS) is 18.5. The molecule has 1 heterocycles. The molecule has 1 aromatic carbocycles. The Balaban J connectivity index is 1.95. The first-order chi connectivity index (χ1) is 8.35. The van der Waals surface area contributed by atoms with Crippen molar-refractivity contribution in [1.82, 2.24) is 4.90 Å². The highest BCUT2D eigenvalue weighted by Crippen LogP contribution is 2.28. The lowest BCUT2D eigenvalue weighted by Gasteiger charge is -2.33. The number of piperidine rings is 1. The van der Waals surface area contributed by atoms with Gasteiger partial charge in [0.2, 0.25) is 0 Å². The molecule has 0 spiro atoms. The average Bonchev–Trinajstić information content (AvgIpc) is 2.42. The van der Waals surface area contributed by atoms with Gasteiger partial charge in [-0.25, -0.2) is 0 Å². The largest absolute Gasteiger partial charge is 0.351 e. The monoisotopic (exact) mass is 248 g/mol. The Morgan fingerprint density at radius 3 is 2.41 bits per heavy atom. The number of rotatable bonds is 1. The molecule has 0 N–H and O–H groups in total. The second-order valence-electron chi connectivity index (χ2n) is 4.38. The zero-order valence-corrected chi connectivity index (χ0v) is 11.4. The van der Waals surface area contributed by atoms with E-state index in [4.69, 9.17) is 0 Å². The van der Waals surface area contributed by atoms with E-state index in [0.717, 1.165) is 19.0 Å². The molecule has 0 aliphatic carbocycles. The van der Waals surface area contributed by atoms with E-state index in [1.54, 1.807) is 11.8 Å². The van der Waals surface area contributed by atoms with Crippen LogP contribution in [-0.4, -0.2) is 36.5 Å². The summed E-state index contributed by atoms with van der Waals surface area (Å²) in [6.45, 7) is 2.26. The quantitative estimate of drug-likeness (QED) is 0.560. The van der Waals surface area contributed by atoms with E-state index >= 15 is 0 Å². The van der Waals surface area contributed by atoms with Crippen molar-refractivity contribution in [2.24, 2.45) is 4.99 Å². The van der Waals surface area contributed by atoms with Crippen molar-refractivity contribution in [3.8, 4) is 0 Å². The van der Waals surface area contributed by atoms with Crippen LogP contribution in [0.2, 0.25) is 0 Å². The minimum atomic E-state index is 0.729. The van der Waals surface area contributed by atoms with Gasteiger partial charge in [0.05, 0.1) is 0 Å². The maximum atomic E-state index is 4.33. The predicted molar refractivity (Wildman–Crippen MR) is 76.9 cm³/mol. The Morgan fingerprint density at radius 1 is 1.24 bits per heavy atom. The van der Waals surface area contributed by atoms with E-state index in [-0.39, 0.29) is 0 Å². The third-order valence-corrected chi connectivity index (χ3v) is 4.22. The smallest absolute Gasteiger partial charge is 0.158 e. The number of aliphatic imine (C=N–C) groups is 1. The summed E-state index contributed by atoms with van der Waals surface area (Å²) in [7, 11) is 1.88. The van der Waals surface area contributed by atoms with E-state index in [1.165, 1.54) is 23.6 Å². The summed E-state index contributed by atoms with van der Waals surface area (Å²) in [4.78, 5) is 6.74. The molecule has 1 aromatic rings. The molecular weight excluding hydrogens is 228 g/mol. The molecule has 2 rings (SSSR count). The van der Waals surface area contributed by atoms with E-state index < -0.39 is 0 Å². The summed E-state index contributed by atoms with van der Waals surface area (Å²) in [5, 5.41) is 1.18. The standard InChI is InChI=1S/C14H20N2S/c1-15-14(17-2)16-10-8-13(9-11-16)12-6-4-3-5-7-12/h3-7,13H,8-11H2,1-2H3. The number of hydrogen-bond acceptors (Lipinski definition) is 2. The molecule has 0 bridgehead atoms. The molecule has 1 aliphatic rings. The van der Waals surface area contributed by atoms with Crippen molar-refractivity contribution in [2.75, 3.05) is 26.4 Å². The molecule has 0 aromatic heterocycles. The van der Waals surface area contributed by atoms with Crippen molar-refractivity contribution in [3.63, 3.8) is 0 Å². The predicted octanol–water partition coefficient (Wildman–Crippen LogP) is 3.21. The summed E-state index contributed by atoms with van der Waals surface area (Å²) >= 11 is 1.75. The number of amidine groups is 1. The van der Waals surface area contributed by atoms with Crippen LogP contribution in [-0.2, 0) is 0 Å². The molecule has 0 atom stereocenters. The third-order valence-electron chi connectivity index (χ3n) is 3.41. The van der Waals surface area contributed by atoms with Gasteiger partial charge in [0, 0.05) is 20.1 Å². The van der Waals surface area contributed by atoms with Crippen molar-refractivity contribution in [1.29, 1.82) is 0 Å². The van der Waals surface area contributed by atoms with E-state index in [9.17, 15) is 0 Å². The van der Waals surface area contributed by atoms with Gasteiger partial charge in [-0.3, -0.25) is 4.99 Å². The van der Waals surface area contributed by atoms with Gasteiger partial charge in [-0.2, -0.15) is 0 Å². The molecule has 2 nitrogen and oxygen atoms in total. The van der Waals surface area contributed by atoms with Crippen molar-refractivity contribution >= 4 is 16.9 Å². The fourth-order valence-corrected chi connectivity index (χ4v) is 3.11. The van der Waals surface area contributed by atoms with Gasteiger partial charge >= 0.3 is 0 Å². The highest BCUT2D eigenvalue weighted by Gasteiger charge is 2.21. The topological polar surface area (TPSA) is 15.6 Å². The Morgan fingerprint density at radius 2 is 1.88 bits per heavy atom. The van der Waals surface area contributed by atoms with Crippen LogP contribution in [0, 0.1) is 0 Å². The van der Waals surface area contributed by atoms with Crippen molar-refractivity contribution < 1.29 is 0 Å². The van der Waals surface area contributed by atoms with E-state index in [2.05, 4.69) is 46.5 Å². The average molecular weight is 248 g/mol. The highest BCUT2D eigenvalue weighted by atomic mass is 32.2. The molecule has 0 amide bonds. The fourth-order valence-electron chi connectivity index (χ4n) is 2.49. The summed E-state index contributed by atoms with van der Waals surface area (Å²) in [6, 6.07) is 10.9. The minimum Gasteiger partial charge on any atom is -0.351 e. The third kappa shape index (κ3) is 3.03. The number of thioether (sulfide) groups is 1. The van der Waals surface area contributed by atoms with Gasteiger partial charge in [-0.05, 0) is 30.6 Å². The van der Waals surface area contributed by atoms with Gasteiger partial charge in [0.25, 0.3) is 0 Å². The lowest BCUT2D eigenvalue weighted by Crippen LogP contribution is -2.36. The summed E-state index contributed by atoms with van der Waals surface area (Å²) in [5.74, 6) is 0.729. The molecule has 17 heavy (non-hydrogen) atoms. The first kappa shape index (κ1) is 12.5. The maximum Gasteiger partial charge on any atom is 0.158 e. The summed E-state index contributed by atoms with van der Waals surface area (Å²) in [6.07, 6.45) is 4.58. The van der Waals surface area contributed by atoms with Crippen LogP contribution in [0.15, 0.2) is 35.3 Å². The van der Waals surface area contributed by atoms with E-state index in [1.807, 2.05) is 7.05 Å². The lowest BCUT2D eigenvalue weighted by molar-refractivity contribution is 0.317. The SMILES string of the molecule is CN=C(SC)N1CCC(c2ccccc2)CC1. The van der Waals surface area contributed by atoms with Crippen LogP contribution in [0.1, 0.15) is 24.3 Å². The van der Waals surface area contributed by atoms with Gasteiger partial charge in [-0.15, -0.1) is 0 Å². The lowest BCUT2D eigenvalue weighted by atomic mass is 9.90. The molecule has 0 saturated carbocycles. The zero-order chi connectivity index (χ0) is 12.1. The Kier molecular flexibility index (Phi) is 4.49. The molecule has 0 radical (unpaired) electrons. The van der Waals surface area contributed by atoms with Gasteiger partial charge in [0.15, 0.2) is 5.17 Å². The van der Waals surface area contributed by atoms with Crippen molar-refractivity contribution in [3.05, 3.63) is 35.9 Å². The van der Waals surface area contributed by atoms with E-state index in [0.29, 0.717) is 0 Å². The van der Waals surface area contributed by atoms with Crippen LogP contribution in [0.5, 0.6) is 0 Å². The number of benzene rings is 1. The summed E-state index contributed by atoms with van der Waals surface area (Å²) in [5.41, 5.74) is 1.49. The van der Waals surface area contributed by atoms with Crippen LogP contribution in [0.4, 0.5) is 0 Å². The Bertz CT molecular complexity index is 367. The first-order valence-corrected chi connectivity index (χ1v) is 7.38. The Hall–Kier alpha value is -0.960. The molecule has 0 unspecified atom stereocenters. The molecule has 1 saturated heterocycles. The molecule has 1 fully saturated rings. The second kappa shape index (κ2) is 6.10. The molecule has 1 aliphatic heterocycles. The van der Waals surface area contributed by atoms with Gasteiger partial charge < -0.3 is 4.90 Å². The number of likely N-dealkylation sites (tertiary alicyclic amines) is 1. The number of nitrogens with zero attached hydrogens (tertiary/aromatic N) is 2. The van der Waals surface area contributed by atoms with Crippen LogP contribution in [0.3, 0.4) is 0 Å². The molecular formula is C14H20N2S. The van der Waals surface area contributed by atoms with Crippen LogP contribution in [0.25, 0.3) is 0 Å². The maximum absolute atomic E-state index is 4.33. The van der Waals surface area contributed by atoms with Gasteiger partial charge in [0.1, 0.15) is 0 Å².